The van der Waals surface area contributed by atoms with Crippen LogP contribution in [-0.2, 0) is 23.0 Å². The molecule has 7 nitrogen and oxygen atoms in total. The van der Waals surface area contributed by atoms with Crippen LogP contribution in [0.3, 0.4) is 0 Å². The molecule has 3 heterocycles. The van der Waals surface area contributed by atoms with Crippen molar-refractivity contribution in [3.8, 4) is 5.75 Å². The van der Waals surface area contributed by atoms with E-state index in [9.17, 15) is 8.42 Å². The first kappa shape index (κ1) is 14.6. The van der Waals surface area contributed by atoms with Crippen molar-refractivity contribution in [1.82, 2.24) is 19.3 Å². The summed E-state index contributed by atoms with van der Waals surface area (Å²) in [6.45, 7) is 1.65. The Morgan fingerprint density at radius 3 is 2.91 bits per heavy atom. The highest BCUT2D eigenvalue weighted by atomic mass is 32.2. The Kier molecular flexibility index (Phi) is 3.57. The summed E-state index contributed by atoms with van der Waals surface area (Å²) in [5.41, 5.74) is 0.968. The Labute approximate surface area is 134 Å². The fraction of sp³-hybridized carbons (Fsp3) is 0.467. The number of fused-ring (bicyclic) bond motifs is 1. The average Bonchev–Trinajstić information content (AvgIpc) is 3.28. The van der Waals surface area contributed by atoms with Gasteiger partial charge in [-0.1, -0.05) is 0 Å². The van der Waals surface area contributed by atoms with Crippen LogP contribution in [0.4, 0.5) is 0 Å². The van der Waals surface area contributed by atoms with E-state index in [-0.39, 0.29) is 6.04 Å². The van der Waals surface area contributed by atoms with Crippen molar-refractivity contribution in [2.24, 2.45) is 0 Å². The van der Waals surface area contributed by atoms with Crippen molar-refractivity contribution in [3.63, 3.8) is 0 Å². The fourth-order valence-corrected chi connectivity index (χ4v) is 5.03. The molecule has 0 radical (unpaired) electrons. The molecule has 0 saturated carbocycles. The number of benzene rings is 1. The lowest BCUT2D eigenvalue weighted by Crippen LogP contribution is -2.38. The lowest BCUT2D eigenvalue weighted by Gasteiger charge is -2.23. The van der Waals surface area contributed by atoms with E-state index in [1.165, 1.54) is 0 Å². The maximum atomic E-state index is 13.0. The molecule has 0 N–H and O–H groups in total. The maximum absolute atomic E-state index is 13.0. The molecule has 2 aromatic rings. The van der Waals surface area contributed by atoms with Gasteiger partial charge < -0.3 is 4.74 Å². The van der Waals surface area contributed by atoms with Crippen LogP contribution in [0.25, 0.3) is 0 Å². The van der Waals surface area contributed by atoms with Gasteiger partial charge in [-0.25, -0.2) is 8.42 Å². The number of hydrogen-bond acceptors (Lipinski definition) is 5. The van der Waals surface area contributed by atoms with Crippen LogP contribution in [-0.4, -0.2) is 46.9 Å². The first-order valence-electron chi connectivity index (χ1n) is 7.76. The van der Waals surface area contributed by atoms with Gasteiger partial charge in [-0.3, -0.25) is 0 Å². The molecule has 23 heavy (non-hydrogen) atoms. The Morgan fingerprint density at radius 1 is 1.26 bits per heavy atom. The van der Waals surface area contributed by atoms with Gasteiger partial charge in [-0.15, -0.1) is 0 Å². The van der Waals surface area contributed by atoms with E-state index < -0.39 is 10.0 Å². The lowest BCUT2D eigenvalue weighted by atomic mass is 10.2. The molecular formula is C15H18N4O3S. The van der Waals surface area contributed by atoms with Crippen molar-refractivity contribution in [1.29, 1.82) is 0 Å². The van der Waals surface area contributed by atoms with Crippen LogP contribution in [0.5, 0.6) is 5.75 Å². The van der Waals surface area contributed by atoms with E-state index >= 15 is 0 Å². The largest absolute Gasteiger partial charge is 0.493 e. The number of sulfonamides is 1. The first-order chi connectivity index (χ1) is 11.1. The lowest BCUT2D eigenvalue weighted by molar-refractivity contribution is 0.325. The molecule has 1 fully saturated rings. The molecule has 0 amide bonds. The van der Waals surface area contributed by atoms with E-state index in [1.807, 2.05) is 0 Å². The summed E-state index contributed by atoms with van der Waals surface area (Å²) in [7, 11) is -3.50. The van der Waals surface area contributed by atoms with Gasteiger partial charge >= 0.3 is 0 Å². The second-order valence-electron chi connectivity index (χ2n) is 5.86. The molecule has 0 bridgehead atoms. The number of ether oxygens (including phenoxy) is 1. The quantitative estimate of drug-likeness (QED) is 0.836. The van der Waals surface area contributed by atoms with Crippen LogP contribution in [0, 0.1) is 0 Å². The van der Waals surface area contributed by atoms with Crippen LogP contribution >= 0.6 is 0 Å². The van der Waals surface area contributed by atoms with Gasteiger partial charge in [0.25, 0.3) is 0 Å². The van der Waals surface area contributed by atoms with Crippen molar-refractivity contribution < 1.29 is 13.2 Å². The standard InChI is InChI=1S/C15H18N4O3S/c20-23(21,14-3-4-15-12(10-14)5-9-22-15)18-8-1-2-13(18)11-19-16-6-7-17-19/h3-4,6-7,10,13H,1-2,5,8-9,11H2. The predicted octanol–water partition coefficient (Wildman–Crippen LogP) is 1.07. The number of nitrogens with zero attached hydrogens (tertiary/aromatic N) is 4. The molecule has 0 aliphatic carbocycles. The summed E-state index contributed by atoms with van der Waals surface area (Å²) in [6, 6.07) is 5.05. The topological polar surface area (TPSA) is 77.3 Å². The van der Waals surface area contributed by atoms with Gasteiger partial charge in [0.2, 0.25) is 10.0 Å². The van der Waals surface area contributed by atoms with E-state index in [0.29, 0.717) is 24.6 Å². The van der Waals surface area contributed by atoms with E-state index in [2.05, 4.69) is 10.2 Å². The first-order valence-corrected chi connectivity index (χ1v) is 9.20. The zero-order chi connectivity index (χ0) is 15.9. The highest BCUT2D eigenvalue weighted by Crippen LogP contribution is 2.31. The highest BCUT2D eigenvalue weighted by Gasteiger charge is 2.36. The molecule has 1 aromatic carbocycles. The Hall–Kier alpha value is -1.93. The molecule has 2 aliphatic heterocycles. The zero-order valence-corrected chi connectivity index (χ0v) is 13.4. The third-order valence-electron chi connectivity index (χ3n) is 4.43. The van der Waals surface area contributed by atoms with E-state index in [0.717, 1.165) is 30.6 Å². The maximum Gasteiger partial charge on any atom is 0.243 e. The molecule has 1 saturated heterocycles. The Morgan fingerprint density at radius 2 is 2.09 bits per heavy atom. The molecule has 8 heteroatoms. The van der Waals surface area contributed by atoms with Crippen molar-refractivity contribution in [3.05, 3.63) is 36.2 Å². The van der Waals surface area contributed by atoms with Crippen molar-refractivity contribution in [2.75, 3.05) is 13.2 Å². The summed E-state index contributed by atoms with van der Waals surface area (Å²) in [5.74, 6) is 0.794. The Bertz CT molecular complexity index is 804. The summed E-state index contributed by atoms with van der Waals surface area (Å²) in [5, 5.41) is 8.17. The molecule has 0 spiro atoms. The van der Waals surface area contributed by atoms with Crippen LogP contribution < -0.4 is 4.74 Å². The number of aromatic nitrogens is 3. The average molecular weight is 334 g/mol. The van der Waals surface area contributed by atoms with Crippen molar-refractivity contribution >= 4 is 10.0 Å². The summed E-state index contributed by atoms with van der Waals surface area (Å²) < 4.78 is 33.1. The molecule has 2 aliphatic rings. The third-order valence-corrected chi connectivity index (χ3v) is 6.38. The van der Waals surface area contributed by atoms with Crippen LogP contribution in [0.15, 0.2) is 35.5 Å². The van der Waals surface area contributed by atoms with Crippen LogP contribution in [0.2, 0.25) is 0 Å². The third kappa shape index (κ3) is 2.61. The second-order valence-corrected chi connectivity index (χ2v) is 7.75. The summed E-state index contributed by atoms with van der Waals surface area (Å²) in [6.07, 6.45) is 5.66. The highest BCUT2D eigenvalue weighted by molar-refractivity contribution is 7.89. The fourth-order valence-electron chi connectivity index (χ4n) is 3.29. The van der Waals surface area contributed by atoms with E-state index in [4.69, 9.17) is 4.74 Å². The van der Waals surface area contributed by atoms with Gasteiger partial charge in [0, 0.05) is 19.0 Å². The second kappa shape index (κ2) is 5.61. The number of rotatable bonds is 4. The summed E-state index contributed by atoms with van der Waals surface area (Å²) in [4.78, 5) is 1.90. The molecule has 1 unspecified atom stereocenters. The minimum atomic E-state index is -3.50. The summed E-state index contributed by atoms with van der Waals surface area (Å²) >= 11 is 0. The zero-order valence-electron chi connectivity index (χ0n) is 12.6. The molecule has 4 rings (SSSR count). The van der Waals surface area contributed by atoms with Gasteiger partial charge in [0.15, 0.2) is 0 Å². The van der Waals surface area contributed by atoms with Gasteiger partial charge in [0.05, 0.1) is 30.4 Å². The predicted molar refractivity (Wildman–Crippen MR) is 82.6 cm³/mol. The van der Waals surface area contributed by atoms with E-state index in [1.54, 1.807) is 39.7 Å². The molecular weight excluding hydrogens is 316 g/mol. The minimum Gasteiger partial charge on any atom is -0.493 e. The minimum absolute atomic E-state index is 0.100. The SMILES string of the molecule is O=S(=O)(c1ccc2c(c1)CCO2)N1CCCC1Cn1nccn1. The van der Waals surface area contributed by atoms with Gasteiger partial charge in [-0.2, -0.15) is 19.3 Å². The van der Waals surface area contributed by atoms with Crippen molar-refractivity contribution in [2.45, 2.75) is 36.7 Å². The molecule has 1 aromatic heterocycles. The normalized spacial score (nSPS) is 21.3. The Balaban J connectivity index is 1.62. The molecule has 1 atom stereocenters. The van der Waals surface area contributed by atoms with Crippen LogP contribution in [0.1, 0.15) is 18.4 Å². The van der Waals surface area contributed by atoms with Gasteiger partial charge in [0.1, 0.15) is 5.75 Å². The molecule has 122 valence electrons. The van der Waals surface area contributed by atoms with Gasteiger partial charge in [-0.05, 0) is 36.6 Å². The monoisotopic (exact) mass is 334 g/mol. The smallest absolute Gasteiger partial charge is 0.243 e. The number of hydrogen-bond donors (Lipinski definition) is 0.